The number of hydrogen-bond donors (Lipinski definition) is 1. The van der Waals surface area contributed by atoms with Crippen LogP contribution in [0.3, 0.4) is 0 Å². The van der Waals surface area contributed by atoms with Crippen molar-refractivity contribution >= 4 is 39.9 Å². The summed E-state index contributed by atoms with van der Waals surface area (Å²) in [5, 5.41) is -0.132. The topological polar surface area (TPSA) is 97.3 Å². The number of aryl methyl sites for hydroxylation is 1. The van der Waals surface area contributed by atoms with Crippen molar-refractivity contribution in [1.29, 1.82) is 0 Å². The average Bonchev–Trinajstić information content (AvgIpc) is 3.02. The van der Waals surface area contributed by atoms with Crippen molar-refractivity contribution in [3.05, 3.63) is 86.5 Å². The van der Waals surface area contributed by atoms with Crippen molar-refractivity contribution in [2.45, 2.75) is 52.6 Å². The van der Waals surface area contributed by atoms with Gasteiger partial charge in [0.05, 0.1) is 33.3 Å². The fraction of sp³-hybridized carbons (Fsp3) is 0.294. The van der Waals surface area contributed by atoms with Gasteiger partial charge in [0.25, 0.3) is 5.56 Å². The second-order valence-corrected chi connectivity index (χ2v) is 12.2. The van der Waals surface area contributed by atoms with Crippen LogP contribution in [0.1, 0.15) is 50.4 Å². The molecule has 1 aliphatic heterocycles. The summed E-state index contributed by atoms with van der Waals surface area (Å²) in [4.78, 5) is 39.7. The van der Waals surface area contributed by atoms with Crippen molar-refractivity contribution in [3.8, 4) is 29.3 Å². The van der Waals surface area contributed by atoms with Crippen molar-refractivity contribution < 1.29 is 22.4 Å². The SMILES string of the molecule is C#Cc1c(N2C[C@@H](C)N(C(=O)C=C)[C@@H](C)C2)c2cc(Cl)c(-c3c(F)c(N)c(F)c(F)c3F)nc2n(-c2c(C)ccnc2C(C)C)c1=O. The molecule has 0 saturated carbocycles. The monoisotopic (exact) mass is 666 g/mol. The van der Waals surface area contributed by atoms with E-state index in [0.29, 0.717) is 16.9 Å². The molecule has 0 aliphatic carbocycles. The number of carbonyl (C=O) groups is 1. The fourth-order valence-electron chi connectivity index (χ4n) is 6.30. The summed E-state index contributed by atoms with van der Waals surface area (Å²) in [6.45, 7) is 13.2. The van der Waals surface area contributed by atoms with Crippen LogP contribution in [0.4, 0.5) is 28.9 Å². The molecule has 1 aliphatic rings. The van der Waals surface area contributed by atoms with Crippen LogP contribution in [0.15, 0.2) is 35.8 Å². The van der Waals surface area contributed by atoms with Crippen LogP contribution in [0.2, 0.25) is 5.02 Å². The summed E-state index contributed by atoms with van der Waals surface area (Å²) < 4.78 is 60.6. The van der Waals surface area contributed by atoms with Crippen LogP contribution < -0.4 is 16.2 Å². The van der Waals surface area contributed by atoms with Crippen molar-refractivity contribution in [2.75, 3.05) is 23.7 Å². The molecule has 5 rings (SSSR count). The Morgan fingerprint density at radius 3 is 2.34 bits per heavy atom. The van der Waals surface area contributed by atoms with E-state index in [4.69, 9.17) is 23.8 Å². The number of pyridine rings is 3. The maximum Gasteiger partial charge on any atom is 0.274 e. The van der Waals surface area contributed by atoms with Gasteiger partial charge in [0.15, 0.2) is 23.3 Å². The Labute approximate surface area is 273 Å². The number of halogens is 5. The van der Waals surface area contributed by atoms with Crippen molar-refractivity contribution in [1.82, 2.24) is 19.4 Å². The Morgan fingerprint density at radius 1 is 1.13 bits per heavy atom. The van der Waals surface area contributed by atoms with Gasteiger partial charge in [-0.3, -0.25) is 19.1 Å². The molecule has 2 atom stereocenters. The molecule has 2 N–H and O–H groups in total. The summed E-state index contributed by atoms with van der Waals surface area (Å²) in [5.41, 5.74) is 3.26. The third-order valence-corrected chi connectivity index (χ3v) is 8.63. The van der Waals surface area contributed by atoms with Crippen LogP contribution in [-0.4, -0.2) is 50.5 Å². The number of fused-ring (bicyclic) bond motifs is 1. The normalized spacial score (nSPS) is 16.6. The lowest BCUT2D eigenvalue weighted by Crippen LogP contribution is -2.58. The van der Waals surface area contributed by atoms with Crippen LogP contribution in [0, 0.1) is 42.5 Å². The minimum absolute atomic E-state index is 0.0570. The van der Waals surface area contributed by atoms with Gasteiger partial charge in [0.2, 0.25) is 5.91 Å². The van der Waals surface area contributed by atoms with Gasteiger partial charge in [-0.15, -0.1) is 6.42 Å². The second-order valence-electron chi connectivity index (χ2n) is 11.8. The molecule has 4 aromatic rings. The summed E-state index contributed by atoms with van der Waals surface area (Å²) >= 11 is 6.64. The second kappa shape index (κ2) is 12.4. The standard InChI is InChI=1S/C34H31ClF4N6O2/c1-8-19-32(43-13-17(6)44(18(7)14-43)22(46)9-2)20-12-21(35)30(23-24(36)26(38)27(39)28(40)25(23)37)42-33(20)45(34(19)47)31-16(5)10-11-41-29(31)15(3)4/h1,9-12,15,17-18H,2,13-14,40H2,3-7H3/t17-,18+. The lowest BCUT2D eigenvalue weighted by molar-refractivity contribution is -0.130. The Bertz CT molecular complexity index is 2050. The molecule has 0 bridgehead atoms. The fourth-order valence-corrected chi connectivity index (χ4v) is 6.54. The molecule has 1 saturated heterocycles. The first kappa shape index (κ1) is 33.5. The zero-order valence-corrected chi connectivity index (χ0v) is 27.0. The number of rotatable bonds is 5. The summed E-state index contributed by atoms with van der Waals surface area (Å²) in [6, 6.07) is 2.29. The number of carbonyl (C=O) groups excluding carboxylic acids is 1. The highest BCUT2D eigenvalue weighted by molar-refractivity contribution is 6.34. The maximum absolute atomic E-state index is 15.4. The maximum atomic E-state index is 15.4. The van der Waals surface area contributed by atoms with Crippen molar-refractivity contribution in [3.63, 3.8) is 0 Å². The third-order valence-electron chi connectivity index (χ3n) is 8.34. The molecule has 0 radical (unpaired) electrons. The molecule has 47 heavy (non-hydrogen) atoms. The predicted octanol–water partition coefficient (Wildman–Crippen LogP) is 6.26. The van der Waals surface area contributed by atoms with Gasteiger partial charge in [-0.05, 0) is 50.5 Å². The lowest BCUT2D eigenvalue weighted by Gasteiger charge is -2.45. The molecule has 244 valence electrons. The molecule has 1 fully saturated rings. The van der Waals surface area contributed by atoms with E-state index in [1.165, 1.54) is 16.7 Å². The summed E-state index contributed by atoms with van der Waals surface area (Å²) in [6.07, 6.45) is 8.82. The smallest absolute Gasteiger partial charge is 0.274 e. The van der Waals surface area contributed by atoms with Crippen LogP contribution in [0.5, 0.6) is 0 Å². The largest absolute Gasteiger partial charge is 0.394 e. The molecule has 0 unspecified atom stereocenters. The molecule has 1 aromatic carbocycles. The van der Waals surface area contributed by atoms with E-state index >= 15 is 8.78 Å². The van der Waals surface area contributed by atoms with E-state index in [2.05, 4.69) is 22.5 Å². The van der Waals surface area contributed by atoms with E-state index in [1.807, 2.05) is 32.6 Å². The van der Waals surface area contributed by atoms with Gasteiger partial charge in [0.1, 0.15) is 16.9 Å². The Morgan fingerprint density at radius 2 is 1.77 bits per heavy atom. The lowest BCUT2D eigenvalue weighted by atomic mass is 10.0. The van der Waals surface area contributed by atoms with Crippen molar-refractivity contribution in [2.24, 2.45) is 0 Å². The number of amides is 1. The number of benzene rings is 1. The molecular formula is C34H31ClF4N6O2. The van der Waals surface area contributed by atoms with Gasteiger partial charge in [0, 0.05) is 36.8 Å². The highest BCUT2D eigenvalue weighted by Gasteiger charge is 2.36. The van der Waals surface area contributed by atoms with Crippen LogP contribution in [-0.2, 0) is 4.79 Å². The predicted molar refractivity (Wildman–Crippen MR) is 175 cm³/mol. The molecule has 13 heteroatoms. The molecule has 0 spiro atoms. The molecule has 3 aromatic heterocycles. The van der Waals surface area contributed by atoms with Crippen LogP contribution in [0.25, 0.3) is 28.0 Å². The summed E-state index contributed by atoms with van der Waals surface area (Å²) in [5.74, 6) is -5.38. The highest BCUT2D eigenvalue weighted by atomic mass is 35.5. The third kappa shape index (κ3) is 5.28. The Hall–Kier alpha value is -4.89. The number of nitrogens with two attached hydrogens (primary N) is 1. The highest BCUT2D eigenvalue weighted by Crippen LogP contribution is 2.41. The van der Waals surface area contributed by atoms with Gasteiger partial charge in [-0.2, -0.15) is 0 Å². The van der Waals surface area contributed by atoms with E-state index in [0.717, 1.165) is 0 Å². The number of anilines is 2. The first-order valence-electron chi connectivity index (χ1n) is 14.7. The van der Waals surface area contributed by atoms with E-state index in [-0.39, 0.29) is 64.3 Å². The van der Waals surface area contributed by atoms with Gasteiger partial charge >= 0.3 is 0 Å². The number of piperazine rings is 1. The molecule has 4 heterocycles. The number of nitrogen functional groups attached to an aromatic ring is 1. The van der Waals surface area contributed by atoms with E-state index in [1.54, 1.807) is 24.1 Å². The molecule has 8 nitrogen and oxygen atoms in total. The van der Waals surface area contributed by atoms with Gasteiger partial charge in [-0.1, -0.05) is 37.9 Å². The van der Waals surface area contributed by atoms with Gasteiger partial charge in [-0.25, -0.2) is 22.5 Å². The number of nitrogens with zero attached hydrogens (tertiary/aromatic N) is 5. The summed E-state index contributed by atoms with van der Waals surface area (Å²) in [7, 11) is 0. The van der Waals surface area contributed by atoms with Crippen LogP contribution >= 0.6 is 11.6 Å². The number of terminal acetylenes is 1. The van der Waals surface area contributed by atoms with E-state index in [9.17, 15) is 18.4 Å². The number of hydrogen-bond acceptors (Lipinski definition) is 6. The molecular weight excluding hydrogens is 636 g/mol. The quantitative estimate of drug-likeness (QED) is 0.0674. The first-order valence-corrected chi connectivity index (χ1v) is 15.1. The Kier molecular flexibility index (Phi) is 8.81. The number of aromatic nitrogens is 3. The van der Waals surface area contributed by atoms with Gasteiger partial charge < -0.3 is 15.5 Å². The Balaban J connectivity index is 1.95. The minimum Gasteiger partial charge on any atom is -0.394 e. The minimum atomic E-state index is -2.02. The van der Waals surface area contributed by atoms with E-state index < -0.39 is 45.8 Å². The average molecular weight is 667 g/mol. The molecule has 1 amide bonds. The zero-order valence-electron chi connectivity index (χ0n) is 26.3. The first-order chi connectivity index (χ1) is 22.2. The zero-order chi connectivity index (χ0) is 34.6.